The van der Waals surface area contributed by atoms with E-state index in [4.69, 9.17) is 0 Å². The van der Waals surface area contributed by atoms with Crippen LogP contribution in [0.1, 0.15) is 18.7 Å². The molecule has 1 saturated carbocycles. The molecule has 1 heterocycles. The van der Waals surface area contributed by atoms with E-state index in [2.05, 4.69) is 15.3 Å². The molecule has 0 saturated heterocycles. The van der Waals surface area contributed by atoms with Gasteiger partial charge in [-0.2, -0.15) is 0 Å². The summed E-state index contributed by atoms with van der Waals surface area (Å²) >= 11 is 0. The predicted octanol–water partition coefficient (Wildman–Crippen LogP) is 2.47. The zero-order chi connectivity index (χ0) is 11.7. The first-order valence-corrected chi connectivity index (χ1v) is 5.84. The van der Waals surface area contributed by atoms with Gasteiger partial charge in [0, 0.05) is 6.04 Å². The number of rotatable bonds is 4. The smallest absolute Gasteiger partial charge is 0.123 e. The van der Waals surface area contributed by atoms with E-state index >= 15 is 0 Å². The highest BCUT2D eigenvalue weighted by Gasteiger charge is 2.20. The van der Waals surface area contributed by atoms with Crippen LogP contribution in [0.3, 0.4) is 0 Å². The Balaban J connectivity index is 1.72. The van der Waals surface area contributed by atoms with Crippen molar-refractivity contribution in [2.24, 2.45) is 0 Å². The number of benzene rings is 1. The number of H-pyrrole nitrogens is 1. The van der Waals surface area contributed by atoms with Crippen molar-refractivity contribution >= 4 is 0 Å². The van der Waals surface area contributed by atoms with Gasteiger partial charge in [-0.05, 0) is 42.7 Å². The summed E-state index contributed by atoms with van der Waals surface area (Å²) in [5, 5.41) is 3.39. The molecule has 1 aliphatic carbocycles. The lowest BCUT2D eigenvalue weighted by atomic mass is 10.2. The van der Waals surface area contributed by atoms with Gasteiger partial charge in [-0.25, -0.2) is 9.37 Å². The first kappa shape index (κ1) is 10.5. The second-order valence-electron chi connectivity index (χ2n) is 4.41. The number of imidazole rings is 1. The Hall–Kier alpha value is -1.68. The van der Waals surface area contributed by atoms with Gasteiger partial charge >= 0.3 is 0 Å². The Morgan fingerprint density at radius 3 is 2.76 bits per heavy atom. The average molecular weight is 231 g/mol. The minimum Gasteiger partial charge on any atom is -0.341 e. The van der Waals surface area contributed by atoms with Crippen molar-refractivity contribution in [3.63, 3.8) is 0 Å². The fourth-order valence-corrected chi connectivity index (χ4v) is 1.76. The highest BCUT2D eigenvalue weighted by atomic mass is 19.1. The van der Waals surface area contributed by atoms with E-state index in [-0.39, 0.29) is 5.82 Å². The second-order valence-corrected chi connectivity index (χ2v) is 4.41. The van der Waals surface area contributed by atoms with Crippen LogP contribution in [-0.2, 0) is 6.54 Å². The molecule has 0 atom stereocenters. The summed E-state index contributed by atoms with van der Waals surface area (Å²) in [6.45, 7) is 0.770. The summed E-state index contributed by atoms with van der Waals surface area (Å²) in [6.07, 6.45) is 4.33. The van der Waals surface area contributed by atoms with Crippen molar-refractivity contribution in [2.45, 2.75) is 25.4 Å². The van der Waals surface area contributed by atoms with E-state index in [9.17, 15) is 4.39 Å². The molecule has 4 heteroatoms. The van der Waals surface area contributed by atoms with Gasteiger partial charge in [-0.3, -0.25) is 0 Å². The molecule has 1 aromatic carbocycles. The molecule has 1 fully saturated rings. The molecule has 0 amide bonds. The molecule has 0 unspecified atom stereocenters. The minimum atomic E-state index is -0.219. The van der Waals surface area contributed by atoms with Gasteiger partial charge in [-0.15, -0.1) is 0 Å². The van der Waals surface area contributed by atoms with Gasteiger partial charge < -0.3 is 10.3 Å². The topological polar surface area (TPSA) is 40.7 Å². The summed E-state index contributed by atoms with van der Waals surface area (Å²) < 4.78 is 12.8. The van der Waals surface area contributed by atoms with Gasteiger partial charge in [0.2, 0.25) is 0 Å². The van der Waals surface area contributed by atoms with Crippen molar-refractivity contribution in [2.75, 3.05) is 0 Å². The summed E-state index contributed by atoms with van der Waals surface area (Å²) in [4.78, 5) is 7.54. The molecule has 88 valence electrons. The average Bonchev–Trinajstić information content (AvgIpc) is 3.06. The normalized spacial score (nSPS) is 15.1. The summed E-state index contributed by atoms with van der Waals surface area (Å²) in [6, 6.07) is 7.09. The SMILES string of the molecule is Fc1ccc(-c2cnc(CNC3CC3)[nH]2)cc1. The number of hydrogen-bond acceptors (Lipinski definition) is 2. The molecule has 2 aromatic rings. The molecule has 2 N–H and O–H groups in total. The highest BCUT2D eigenvalue weighted by molar-refractivity contribution is 5.58. The maximum atomic E-state index is 12.8. The lowest BCUT2D eigenvalue weighted by Gasteiger charge is -1.99. The van der Waals surface area contributed by atoms with Crippen molar-refractivity contribution in [1.82, 2.24) is 15.3 Å². The summed E-state index contributed by atoms with van der Waals surface area (Å²) in [7, 11) is 0. The van der Waals surface area contributed by atoms with Gasteiger partial charge in [0.1, 0.15) is 11.6 Å². The molecule has 1 aromatic heterocycles. The fourth-order valence-electron chi connectivity index (χ4n) is 1.76. The monoisotopic (exact) mass is 231 g/mol. The van der Waals surface area contributed by atoms with E-state index in [1.165, 1.54) is 25.0 Å². The van der Waals surface area contributed by atoms with Gasteiger partial charge in [0.15, 0.2) is 0 Å². The van der Waals surface area contributed by atoms with Crippen LogP contribution in [0.5, 0.6) is 0 Å². The number of halogens is 1. The van der Waals surface area contributed by atoms with Crippen molar-refractivity contribution < 1.29 is 4.39 Å². The van der Waals surface area contributed by atoms with Crippen LogP contribution in [0.4, 0.5) is 4.39 Å². The van der Waals surface area contributed by atoms with Crippen LogP contribution < -0.4 is 5.32 Å². The van der Waals surface area contributed by atoms with Gasteiger partial charge in [-0.1, -0.05) is 0 Å². The van der Waals surface area contributed by atoms with Crippen molar-refractivity contribution in [3.8, 4) is 11.3 Å². The third-order valence-corrected chi connectivity index (χ3v) is 2.92. The zero-order valence-electron chi connectivity index (χ0n) is 9.41. The Bertz CT molecular complexity index is 500. The third kappa shape index (κ3) is 2.53. The van der Waals surface area contributed by atoms with Crippen LogP contribution in [0.25, 0.3) is 11.3 Å². The van der Waals surface area contributed by atoms with Crippen LogP contribution in [0.2, 0.25) is 0 Å². The molecular formula is C13H14FN3. The van der Waals surface area contributed by atoms with E-state index in [0.717, 1.165) is 23.6 Å². The first-order chi connectivity index (χ1) is 8.31. The zero-order valence-corrected chi connectivity index (χ0v) is 9.41. The number of hydrogen-bond donors (Lipinski definition) is 2. The lowest BCUT2D eigenvalue weighted by molar-refractivity contribution is 0.628. The molecule has 0 aliphatic heterocycles. The Kier molecular flexibility index (Phi) is 2.65. The van der Waals surface area contributed by atoms with Crippen LogP contribution in [0.15, 0.2) is 30.5 Å². The standard InChI is InChI=1S/C13H14FN3/c14-10-3-1-9(2-4-10)12-7-16-13(17-12)8-15-11-5-6-11/h1-4,7,11,15H,5-6,8H2,(H,16,17). The Labute approximate surface area is 99.1 Å². The number of aromatic nitrogens is 2. The van der Waals surface area contributed by atoms with Gasteiger partial charge in [0.05, 0.1) is 18.4 Å². The molecule has 0 bridgehead atoms. The van der Waals surface area contributed by atoms with Crippen LogP contribution in [-0.4, -0.2) is 16.0 Å². The van der Waals surface area contributed by atoms with Crippen molar-refractivity contribution in [3.05, 3.63) is 42.1 Å². The number of nitrogens with zero attached hydrogens (tertiary/aromatic N) is 1. The molecule has 17 heavy (non-hydrogen) atoms. The Morgan fingerprint density at radius 1 is 1.29 bits per heavy atom. The molecule has 0 spiro atoms. The summed E-state index contributed by atoms with van der Waals surface area (Å²) in [5.74, 6) is 0.708. The maximum Gasteiger partial charge on any atom is 0.123 e. The number of aromatic amines is 1. The quantitative estimate of drug-likeness (QED) is 0.848. The van der Waals surface area contributed by atoms with E-state index in [1.807, 2.05) is 0 Å². The van der Waals surface area contributed by atoms with Crippen LogP contribution in [0, 0.1) is 5.82 Å². The molecule has 3 rings (SSSR count). The molecule has 3 nitrogen and oxygen atoms in total. The molecular weight excluding hydrogens is 217 g/mol. The first-order valence-electron chi connectivity index (χ1n) is 5.84. The Morgan fingerprint density at radius 2 is 2.06 bits per heavy atom. The highest BCUT2D eigenvalue weighted by Crippen LogP contribution is 2.20. The van der Waals surface area contributed by atoms with Crippen molar-refractivity contribution in [1.29, 1.82) is 0 Å². The van der Waals surface area contributed by atoms with E-state index in [1.54, 1.807) is 18.3 Å². The predicted molar refractivity (Wildman–Crippen MR) is 63.8 cm³/mol. The third-order valence-electron chi connectivity index (χ3n) is 2.92. The minimum absolute atomic E-state index is 0.219. The van der Waals surface area contributed by atoms with Crippen LogP contribution >= 0.6 is 0 Å². The fraction of sp³-hybridized carbons (Fsp3) is 0.308. The van der Waals surface area contributed by atoms with Gasteiger partial charge in [0.25, 0.3) is 0 Å². The number of nitrogens with one attached hydrogen (secondary N) is 2. The maximum absolute atomic E-state index is 12.8. The molecule has 1 aliphatic rings. The van der Waals surface area contributed by atoms with E-state index < -0.39 is 0 Å². The van der Waals surface area contributed by atoms with E-state index in [0.29, 0.717) is 6.04 Å². The molecule has 0 radical (unpaired) electrons. The summed E-state index contributed by atoms with van der Waals surface area (Å²) in [5.41, 5.74) is 1.88. The second kappa shape index (κ2) is 4.30. The largest absolute Gasteiger partial charge is 0.341 e. The lowest BCUT2D eigenvalue weighted by Crippen LogP contribution is -2.16.